The summed E-state index contributed by atoms with van der Waals surface area (Å²) in [5.41, 5.74) is 4.24. The molecule has 1 nitrogen and oxygen atoms in total. The van der Waals surface area contributed by atoms with Crippen molar-refractivity contribution >= 4 is 0 Å². The van der Waals surface area contributed by atoms with E-state index in [0.717, 1.165) is 30.4 Å². The van der Waals surface area contributed by atoms with Crippen molar-refractivity contribution in [3.63, 3.8) is 0 Å². The summed E-state index contributed by atoms with van der Waals surface area (Å²) in [5, 5.41) is 9.95. The topological polar surface area (TPSA) is 23.8 Å². The summed E-state index contributed by atoms with van der Waals surface area (Å²) in [6, 6.07) is 31.8. The van der Waals surface area contributed by atoms with Gasteiger partial charge in [-0.15, -0.1) is 0 Å². The van der Waals surface area contributed by atoms with E-state index >= 15 is 0 Å². The van der Waals surface area contributed by atoms with Crippen LogP contribution in [0.2, 0.25) is 0 Å². The second-order valence-electron chi connectivity index (χ2n) is 6.42. The van der Waals surface area contributed by atoms with Gasteiger partial charge in [-0.25, -0.2) is 0 Å². The van der Waals surface area contributed by atoms with Crippen molar-refractivity contribution in [2.45, 2.75) is 31.6 Å². The molecule has 0 heterocycles. The number of benzene rings is 3. The minimum Gasteiger partial charge on any atom is -0.197 e. The Morgan fingerprint density at radius 2 is 1.16 bits per heavy atom. The summed E-state index contributed by atoms with van der Waals surface area (Å²) in [7, 11) is 0. The van der Waals surface area contributed by atoms with Crippen LogP contribution in [0.25, 0.3) is 0 Å². The Kier molecular flexibility index (Phi) is 5.31. The number of aryl methyl sites for hydroxylation is 2. The Morgan fingerprint density at radius 1 is 0.680 bits per heavy atom. The van der Waals surface area contributed by atoms with E-state index in [0.29, 0.717) is 0 Å². The Morgan fingerprint density at radius 3 is 1.68 bits per heavy atom. The monoisotopic (exact) mass is 325 g/mol. The molecule has 0 spiro atoms. The molecule has 1 atom stereocenters. The van der Waals surface area contributed by atoms with Gasteiger partial charge < -0.3 is 0 Å². The lowest BCUT2D eigenvalue weighted by Crippen LogP contribution is -2.24. The van der Waals surface area contributed by atoms with E-state index < -0.39 is 5.41 Å². The summed E-state index contributed by atoms with van der Waals surface area (Å²) >= 11 is 0. The first kappa shape index (κ1) is 17.0. The number of hydrogen-bond acceptors (Lipinski definition) is 1. The zero-order valence-corrected chi connectivity index (χ0v) is 14.7. The van der Waals surface area contributed by atoms with Gasteiger partial charge in [0.25, 0.3) is 0 Å². The highest BCUT2D eigenvalue weighted by molar-refractivity contribution is 5.46. The predicted molar refractivity (Wildman–Crippen MR) is 103 cm³/mol. The van der Waals surface area contributed by atoms with Gasteiger partial charge >= 0.3 is 0 Å². The average Bonchev–Trinajstić information content (AvgIpc) is 2.70. The molecule has 25 heavy (non-hydrogen) atoms. The molecule has 0 aromatic heterocycles. The SMILES string of the molecule is CCC(C#N)(c1ccccc1)c1ccc(CCc2ccccc2)cc1. The predicted octanol–water partition coefficient (Wildman–Crippen LogP) is 5.69. The first-order valence-corrected chi connectivity index (χ1v) is 8.88. The van der Waals surface area contributed by atoms with Crippen LogP contribution in [0.15, 0.2) is 84.9 Å². The Hall–Kier alpha value is -2.85. The lowest BCUT2D eigenvalue weighted by atomic mass is 9.73. The van der Waals surface area contributed by atoms with E-state index in [1.807, 2.05) is 24.3 Å². The molecule has 0 saturated heterocycles. The molecule has 3 aromatic carbocycles. The molecule has 0 aliphatic rings. The van der Waals surface area contributed by atoms with E-state index in [1.165, 1.54) is 11.1 Å². The third-order valence-corrected chi connectivity index (χ3v) is 4.98. The van der Waals surface area contributed by atoms with Crippen LogP contribution in [0.5, 0.6) is 0 Å². The second kappa shape index (κ2) is 7.81. The normalized spacial score (nSPS) is 13.0. The minimum atomic E-state index is -0.570. The molecule has 0 aliphatic carbocycles. The Labute approximate surface area is 150 Å². The molecular formula is C24H23N. The van der Waals surface area contributed by atoms with Crippen molar-refractivity contribution in [2.75, 3.05) is 0 Å². The van der Waals surface area contributed by atoms with Crippen LogP contribution in [0, 0.1) is 11.3 Å². The van der Waals surface area contributed by atoms with Crippen LogP contribution < -0.4 is 0 Å². The molecule has 0 amide bonds. The maximum absolute atomic E-state index is 9.95. The van der Waals surface area contributed by atoms with Gasteiger partial charge in [-0.05, 0) is 41.5 Å². The molecule has 3 aromatic rings. The van der Waals surface area contributed by atoms with E-state index in [-0.39, 0.29) is 0 Å². The van der Waals surface area contributed by atoms with Gasteiger partial charge in [-0.1, -0.05) is 91.9 Å². The number of nitrogens with zero attached hydrogens (tertiary/aromatic N) is 1. The fourth-order valence-corrected chi connectivity index (χ4v) is 3.40. The van der Waals surface area contributed by atoms with Crippen molar-refractivity contribution in [3.8, 4) is 6.07 Å². The molecule has 0 N–H and O–H groups in total. The third-order valence-electron chi connectivity index (χ3n) is 4.98. The van der Waals surface area contributed by atoms with E-state index in [1.54, 1.807) is 0 Å². The van der Waals surface area contributed by atoms with E-state index in [4.69, 9.17) is 0 Å². The highest BCUT2D eigenvalue weighted by Gasteiger charge is 2.32. The third kappa shape index (κ3) is 3.64. The van der Waals surface area contributed by atoms with Gasteiger partial charge in [0.1, 0.15) is 5.41 Å². The average molecular weight is 325 g/mol. The molecule has 1 heteroatoms. The summed E-state index contributed by atoms with van der Waals surface area (Å²) in [6.45, 7) is 2.08. The number of rotatable bonds is 6. The number of hydrogen-bond donors (Lipinski definition) is 0. The van der Waals surface area contributed by atoms with Gasteiger partial charge in [0, 0.05) is 0 Å². The van der Waals surface area contributed by atoms with Crippen molar-refractivity contribution in [3.05, 3.63) is 107 Å². The molecular weight excluding hydrogens is 302 g/mol. The minimum absolute atomic E-state index is 0.570. The van der Waals surface area contributed by atoms with Crippen LogP contribution >= 0.6 is 0 Å². The molecule has 0 bridgehead atoms. The Balaban J connectivity index is 1.82. The zero-order valence-electron chi connectivity index (χ0n) is 14.7. The van der Waals surface area contributed by atoms with Gasteiger partial charge in [0.15, 0.2) is 0 Å². The van der Waals surface area contributed by atoms with Crippen LogP contribution in [-0.4, -0.2) is 0 Å². The first-order chi connectivity index (χ1) is 12.3. The van der Waals surface area contributed by atoms with Gasteiger partial charge in [-0.3, -0.25) is 0 Å². The fraction of sp³-hybridized carbons (Fsp3) is 0.208. The van der Waals surface area contributed by atoms with E-state index in [9.17, 15) is 5.26 Å². The summed E-state index contributed by atoms with van der Waals surface area (Å²) in [5.74, 6) is 0. The van der Waals surface area contributed by atoms with Crippen LogP contribution in [-0.2, 0) is 18.3 Å². The van der Waals surface area contributed by atoms with E-state index in [2.05, 4.69) is 73.7 Å². The van der Waals surface area contributed by atoms with Crippen molar-refractivity contribution in [2.24, 2.45) is 0 Å². The van der Waals surface area contributed by atoms with Gasteiger partial charge in [0.2, 0.25) is 0 Å². The van der Waals surface area contributed by atoms with Gasteiger partial charge in [-0.2, -0.15) is 5.26 Å². The van der Waals surface area contributed by atoms with Crippen molar-refractivity contribution in [1.82, 2.24) is 0 Å². The largest absolute Gasteiger partial charge is 0.197 e. The fourth-order valence-electron chi connectivity index (χ4n) is 3.40. The maximum Gasteiger partial charge on any atom is 0.107 e. The molecule has 0 radical (unpaired) electrons. The lowest BCUT2D eigenvalue weighted by Gasteiger charge is -2.26. The first-order valence-electron chi connectivity index (χ1n) is 8.88. The van der Waals surface area contributed by atoms with Crippen molar-refractivity contribution < 1.29 is 0 Å². The summed E-state index contributed by atoms with van der Waals surface area (Å²) in [6.07, 6.45) is 2.81. The molecule has 0 fully saturated rings. The molecule has 1 unspecified atom stereocenters. The van der Waals surface area contributed by atoms with Crippen LogP contribution in [0.1, 0.15) is 35.6 Å². The number of nitriles is 1. The second-order valence-corrected chi connectivity index (χ2v) is 6.42. The maximum atomic E-state index is 9.95. The zero-order chi connectivity index (χ0) is 17.5. The van der Waals surface area contributed by atoms with Crippen LogP contribution in [0.3, 0.4) is 0 Å². The highest BCUT2D eigenvalue weighted by Crippen LogP contribution is 2.35. The van der Waals surface area contributed by atoms with Gasteiger partial charge in [0.05, 0.1) is 6.07 Å². The van der Waals surface area contributed by atoms with Crippen LogP contribution in [0.4, 0.5) is 0 Å². The lowest BCUT2D eigenvalue weighted by molar-refractivity contribution is 0.631. The smallest absolute Gasteiger partial charge is 0.107 e. The molecule has 124 valence electrons. The quantitative estimate of drug-likeness (QED) is 0.571. The standard InChI is InChI=1S/C24H23N/c1-2-24(19-25,22-11-7-4-8-12-22)23-17-15-21(16-18-23)14-13-20-9-5-3-6-10-20/h3-12,15-18H,2,13-14H2,1H3. The highest BCUT2D eigenvalue weighted by atomic mass is 14.4. The molecule has 0 aliphatic heterocycles. The summed E-state index contributed by atoms with van der Waals surface area (Å²) < 4.78 is 0. The summed E-state index contributed by atoms with van der Waals surface area (Å²) in [4.78, 5) is 0. The molecule has 0 saturated carbocycles. The molecule has 3 rings (SSSR count). The van der Waals surface area contributed by atoms with Crippen molar-refractivity contribution in [1.29, 1.82) is 5.26 Å². The Bertz CT molecular complexity index is 829.